The lowest BCUT2D eigenvalue weighted by molar-refractivity contribution is 0.399. The van der Waals surface area contributed by atoms with E-state index in [1.807, 2.05) is 67.8 Å². The van der Waals surface area contributed by atoms with Gasteiger partial charge in [0.25, 0.3) is 0 Å². The highest BCUT2D eigenvalue weighted by Gasteiger charge is 2.09. The maximum absolute atomic E-state index is 11.6. The van der Waals surface area contributed by atoms with Gasteiger partial charge in [0.05, 0.1) is 16.1 Å². The topological polar surface area (TPSA) is 101 Å². The Balaban J connectivity index is 0.00000158. The Morgan fingerprint density at radius 1 is 0.941 bits per heavy atom. The maximum Gasteiger partial charge on any atom is 0.314 e. The number of hydrogen-bond donors (Lipinski definition) is 4. The van der Waals surface area contributed by atoms with Crippen LogP contribution in [0.2, 0.25) is 5.02 Å². The number of fused-ring (bicyclic) bond motifs is 1. The quantitative estimate of drug-likeness (QED) is 0.208. The van der Waals surface area contributed by atoms with E-state index in [4.69, 9.17) is 16.7 Å². The van der Waals surface area contributed by atoms with Crippen molar-refractivity contribution in [1.29, 1.82) is 0 Å². The first-order valence-electron chi connectivity index (χ1n) is 10.2. The fraction of sp³-hybridized carbons (Fsp3) is 0.167. The molecule has 0 radical (unpaired) electrons. The summed E-state index contributed by atoms with van der Waals surface area (Å²) in [7, 11) is 5.02. The second-order valence-corrected chi connectivity index (χ2v) is 10.0. The van der Waals surface area contributed by atoms with Gasteiger partial charge in [0.1, 0.15) is 0 Å². The van der Waals surface area contributed by atoms with Crippen LogP contribution in [0, 0.1) is 6.92 Å². The van der Waals surface area contributed by atoms with Gasteiger partial charge < -0.3 is 19.8 Å². The number of aliphatic hydroxyl groups excluding tert-OH is 1. The Kier molecular flexibility index (Phi) is 8.87. The number of halogens is 1. The van der Waals surface area contributed by atoms with E-state index in [0.29, 0.717) is 16.1 Å². The minimum atomic E-state index is -0.666. The van der Waals surface area contributed by atoms with Crippen molar-refractivity contribution >= 4 is 52.2 Å². The van der Waals surface area contributed by atoms with E-state index in [-0.39, 0.29) is 0 Å². The molecule has 10 heteroatoms. The predicted molar refractivity (Wildman–Crippen MR) is 144 cm³/mol. The molecule has 4 rings (SSSR count). The third kappa shape index (κ3) is 6.25. The predicted octanol–water partition coefficient (Wildman–Crippen LogP) is 5.14. The average molecular weight is 517 g/mol. The molecule has 0 amide bonds. The van der Waals surface area contributed by atoms with E-state index in [2.05, 4.69) is 26.8 Å². The van der Waals surface area contributed by atoms with Gasteiger partial charge in [-0.1, -0.05) is 29.8 Å². The minimum absolute atomic E-state index is 0.577. The third-order valence-electron chi connectivity index (χ3n) is 4.70. The summed E-state index contributed by atoms with van der Waals surface area (Å²) in [5, 5.41) is 7.65. The second-order valence-electron chi connectivity index (χ2n) is 7.40. The van der Waals surface area contributed by atoms with Gasteiger partial charge in [-0.05, 0) is 92.4 Å². The standard InChI is InChI=1S/C23H21ClN4O2S2.CH4O/c1-13-9-19-20(26-23(30)22(29)25-19)12-21(13)31-27-15-7-8-17(18(24)11-15)14-5-4-6-16(10-14)32-28(2)3;1-2/h4-12,27H,1-3H3,(H,25,29)(H,26,30);2H,1H3. The fourth-order valence-electron chi connectivity index (χ4n) is 3.22. The molecule has 0 aliphatic carbocycles. The Bertz CT molecular complexity index is 1420. The smallest absolute Gasteiger partial charge is 0.314 e. The van der Waals surface area contributed by atoms with Crippen LogP contribution >= 0.6 is 35.5 Å². The van der Waals surface area contributed by atoms with Crippen molar-refractivity contribution in [2.24, 2.45) is 0 Å². The van der Waals surface area contributed by atoms with Gasteiger partial charge in [0.2, 0.25) is 0 Å². The van der Waals surface area contributed by atoms with E-state index < -0.39 is 11.1 Å². The van der Waals surface area contributed by atoms with Crippen LogP contribution in [0.5, 0.6) is 0 Å². The molecule has 0 saturated carbocycles. The molecule has 0 aliphatic heterocycles. The van der Waals surface area contributed by atoms with Crippen molar-refractivity contribution < 1.29 is 5.11 Å². The van der Waals surface area contributed by atoms with E-state index in [0.717, 1.165) is 39.3 Å². The molecule has 3 aromatic carbocycles. The minimum Gasteiger partial charge on any atom is -0.400 e. The largest absolute Gasteiger partial charge is 0.400 e. The van der Waals surface area contributed by atoms with Gasteiger partial charge >= 0.3 is 11.1 Å². The molecule has 0 spiro atoms. The number of nitrogens with one attached hydrogen (secondary N) is 3. The van der Waals surface area contributed by atoms with E-state index >= 15 is 0 Å². The summed E-state index contributed by atoms with van der Waals surface area (Å²) in [6, 6.07) is 17.8. The van der Waals surface area contributed by atoms with Crippen molar-refractivity contribution in [3.05, 3.63) is 85.9 Å². The second kappa shape index (κ2) is 11.6. The normalized spacial score (nSPS) is 10.8. The van der Waals surface area contributed by atoms with Crippen LogP contribution in [0.1, 0.15) is 5.56 Å². The molecule has 34 heavy (non-hydrogen) atoms. The molecular formula is C24H25ClN4O3S2. The molecule has 0 atom stereocenters. The molecule has 0 unspecified atom stereocenters. The number of hydrogen-bond acceptors (Lipinski definition) is 7. The van der Waals surface area contributed by atoms with E-state index in [1.54, 1.807) is 11.9 Å². The van der Waals surface area contributed by atoms with Crippen LogP contribution in [0.25, 0.3) is 22.2 Å². The molecule has 1 aromatic heterocycles. The third-order valence-corrected chi connectivity index (χ3v) is 6.84. The fourth-order valence-corrected chi connectivity index (χ4v) is 5.00. The summed E-state index contributed by atoms with van der Waals surface area (Å²) in [4.78, 5) is 30.4. The number of anilines is 1. The van der Waals surface area contributed by atoms with Gasteiger partial charge in [-0.15, -0.1) is 0 Å². The van der Waals surface area contributed by atoms with E-state index in [1.165, 1.54) is 11.9 Å². The number of aromatic amines is 2. The summed E-state index contributed by atoms with van der Waals surface area (Å²) < 4.78 is 5.36. The summed E-state index contributed by atoms with van der Waals surface area (Å²) in [6.45, 7) is 1.95. The Hall–Kier alpha value is -2.69. The Morgan fingerprint density at radius 3 is 2.26 bits per heavy atom. The number of H-pyrrole nitrogens is 2. The number of aromatic nitrogens is 2. The van der Waals surface area contributed by atoms with Crippen LogP contribution < -0.4 is 15.8 Å². The van der Waals surface area contributed by atoms with Crippen LogP contribution in [0.15, 0.2) is 74.0 Å². The maximum atomic E-state index is 11.6. The zero-order valence-corrected chi connectivity index (χ0v) is 21.5. The van der Waals surface area contributed by atoms with Crippen molar-refractivity contribution in [1.82, 2.24) is 14.3 Å². The number of rotatable bonds is 6. The van der Waals surface area contributed by atoms with Gasteiger partial charge in [0, 0.05) is 28.2 Å². The summed E-state index contributed by atoms with van der Waals surface area (Å²) >= 11 is 9.68. The average Bonchev–Trinajstić information content (AvgIpc) is 2.80. The zero-order valence-electron chi connectivity index (χ0n) is 19.1. The first-order valence-corrected chi connectivity index (χ1v) is 12.2. The highest BCUT2D eigenvalue weighted by atomic mass is 35.5. The Labute approximate surface area is 210 Å². The molecule has 178 valence electrons. The van der Waals surface area contributed by atoms with Crippen LogP contribution in [-0.2, 0) is 0 Å². The molecule has 0 bridgehead atoms. The van der Waals surface area contributed by atoms with Crippen molar-refractivity contribution in [2.75, 3.05) is 25.9 Å². The molecule has 4 aromatic rings. The number of aryl methyl sites for hydroxylation is 1. The van der Waals surface area contributed by atoms with Gasteiger partial charge in [0.15, 0.2) is 0 Å². The van der Waals surface area contributed by atoms with Gasteiger partial charge in [-0.2, -0.15) is 0 Å². The SMILES string of the molecule is CO.Cc1cc2[nH]c(=O)c(=O)[nH]c2cc1SNc1ccc(-c2cccc(SN(C)C)c2)c(Cl)c1. The lowest BCUT2D eigenvalue weighted by Gasteiger charge is -2.13. The number of nitrogens with zero attached hydrogens (tertiary/aromatic N) is 1. The van der Waals surface area contributed by atoms with Crippen LogP contribution in [0.3, 0.4) is 0 Å². The first-order chi connectivity index (χ1) is 16.3. The van der Waals surface area contributed by atoms with Crippen molar-refractivity contribution in [3.63, 3.8) is 0 Å². The van der Waals surface area contributed by atoms with Gasteiger partial charge in [-0.3, -0.25) is 13.9 Å². The van der Waals surface area contributed by atoms with Crippen LogP contribution in [0.4, 0.5) is 5.69 Å². The Morgan fingerprint density at radius 2 is 1.62 bits per heavy atom. The molecule has 0 saturated heterocycles. The van der Waals surface area contributed by atoms with E-state index in [9.17, 15) is 9.59 Å². The van der Waals surface area contributed by atoms with Gasteiger partial charge in [-0.25, -0.2) is 0 Å². The zero-order chi connectivity index (χ0) is 24.8. The molecule has 4 N–H and O–H groups in total. The molecule has 0 fully saturated rings. The molecular weight excluding hydrogens is 492 g/mol. The van der Waals surface area contributed by atoms with Crippen LogP contribution in [-0.4, -0.2) is 40.6 Å². The molecule has 7 nitrogen and oxygen atoms in total. The monoisotopic (exact) mass is 516 g/mol. The first kappa shape index (κ1) is 25.9. The lowest BCUT2D eigenvalue weighted by Crippen LogP contribution is -2.28. The summed E-state index contributed by atoms with van der Waals surface area (Å²) in [6.07, 6.45) is 0. The molecule has 0 aliphatic rings. The highest BCUT2D eigenvalue weighted by molar-refractivity contribution is 8.00. The van der Waals surface area contributed by atoms with Crippen molar-refractivity contribution in [2.45, 2.75) is 16.7 Å². The number of aliphatic hydroxyl groups is 1. The molecule has 1 heterocycles. The summed E-state index contributed by atoms with van der Waals surface area (Å²) in [5.41, 5.74) is 3.70. The lowest BCUT2D eigenvalue weighted by atomic mass is 10.1. The number of benzene rings is 3. The summed E-state index contributed by atoms with van der Waals surface area (Å²) in [5.74, 6) is 0. The van der Waals surface area contributed by atoms with Crippen molar-refractivity contribution in [3.8, 4) is 11.1 Å². The highest BCUT2D eigenvalue weighted by Crippen LogP contribution is 2.34.